The Kier molecular flexibility index (Phi) is 4.04. The number of aryl methyl sites for hydroxylation is 1. The first-order chi connectivity index (χ1) is 7.00. The molecule has 1 aromatic carbocycles. The molecule has 1 aromatic rings. The van der Waals surface area contributed by atoms with Crippen molar-refractivity contribution in [3.8, 4) is 0 Å². The fraction of sp³-hybridized carbons (Fsp3) is 0.333. The van der Waals surface area contributed by atoms with Gasteiger partial charge < -0.3 is 4.79 Å². The normalized spacial score (nSPS) is 10.1. The SMILES string of the molecule is CC(=O)CCC(=O)c1ccc(C)c(Cl)c1. The van der Waals surface area contributed by atoms with E-state index in [2.05, 4.69) is 0 Å². The van der Waals surface area contributed by atoms with Gasteiger partial charge in [-0.2, -0.15) is 0 Å². The maximum absolute atomic E-state index is 11.6. The zero-order chi connectivity index (χ0) is 11.4. The van der Waals surface area contributed by atoms with Gasteiger partial charge in [-0.15, -0.1) is 0 Å². The average Bonchev–Trinajstić information content (AvgIpc) is 2.18. The van der Waals surface area contributed by atoms with Crippen LogP contribution in [-0.2, 0) is 4.79 Å². The number of hydrogen-bond acceptors (Lipinski definition) is 2. The number of carbonyl (C=O) groups is 2. The van der Waals surface area contributed by atoms with Gasteiger partial charge in [0.05, 0.1) is 0 Å². The van der Waals surface area contributed by atoms with Crippen LogP contribution in [0.3, 0.4) is 0 Å². The zero-order valence-corrected chi connectivity index (χ0v) is 9.60. The van der Waals surface area contributed by atoms with Crippen LogP contribution in [0.2, 0.25) is 5.02 Å². The smallest absolute Gasteiger partial charge is 0.163 e. The second kappa shape index (κ2) is 5.08. The van der Waals surface area contributed by atoms with Crippen LogP contribution in [0, 0.1) is 6.92 Å². The summed E-state index contributed by atoms with van der Waals surface area (Å²) in [6.07, 6.45) is 0.555. The van der Waals surface area contributed by atoms with Gasteiger partial charge in [0, 0.05) is 23.4 Å². The summed E-state index contributed by atoms with van der Waals surface area (Å²) >= 11 is 5.90. The topological polar surface area (TPSA) is 34.1 Å². The molecular weight excluding hydrogens is 212 g/mol. The molecule has 0 aromatic heterocycles. The van der Waals surface area contributed by atoms with Crippen molar-refractivity contribution in [3.63, 3.8) is 0 Å². The first-order valence-electron chi connectivity index (χ1n) is 4.79. The van der Waals surface area contributed by atoms with E-state index in [4.69, 9.17) is 11.6 Å². The molecule has 0 amide bonds. The molecule has 2 nitrogen and oxygen atoms in total. The number of Topliss-reactive ketones (excluding diaryl/α,β-unsaturated/α-hetero) is 2. The average molecular weight is 225 g/mol. The molecular formula is C12H13ClO2. The van der Waals surface area contributed by atoms with Crippen molar-refractivity contribution in [3.05, 3.63) is 34.3 Å². The highest BCUT2D eigenvalue weighted by Crippen LogP contribution is 2.18. The van der Waals surface area contributed by atoms with Gasteiger partial charge >= 0.3 is 0 Å². The first kappa shape index (κ1) is 11.9. The summed E-state index contributed by atoms with van der Waals surface area (Å²) in [6.45, 7) is 3.36. The quantitative estimate of drug-likeness (QED) is 0.736. The van der Waals surface area contributed by atoms with Gasteiger partial charge in [-0.25, -0.2) is 0 Å². The van der Waals surface area contributed by atoms with Crippen molar-refractivity contribution in [2.24, 2.45) is 0 Å². The standard InChI is InChI=1S/C12H13ClO2/c1-8-3-5-10(7-11(8)13)12(15)6-4-9(2)14/h3,5,7H,4,6H2,1-2H3. The van der Waals surface area contributed by atoms with Crippen molar-refractivity contribution in [1.29, 1.82) is 0 Å². The summed E-state index contributed by atoms with van der Waals surface area (Å²) in [6, 6.07) is 5.20. The van der Waals surface area contributed by atoms with E-state index in [-0.39, 0.29) is 18.0 Å². The lowest BCUT2D eigenvalue weighted by Gasteiger charge is -2.02. The molecule has 0 aliphatic rings. The Morgan fingerprint density at radius 2 is 1.93 bits per heavy atom. The van der Waals surface area contributed by atoms with Crippen LogP contribution in [0.4, 0.5) is 0 Å². The minimum Gasteiger partial charge on any atom is -0.300 e. The van der Waals surface area contributed by atoms with E-state index in [0.717, 1.165) is 5.56 Å². The van der Waals surface area contributed by atoms with E-state index in [0.29, 0.717) is 17.0 Å². The molecule has 0 atom stereocenters. The van der Waals surface area contributed by atoms with Crippen LogP contribution in [0.5, 0.6) is 0 Å². The summed E-state index contributed by atoms with van der Waals surface area (Å²) in [5.41, 5.74) is 1.52. The molecule has 3 heteroatoms. The van der Waals surface area contributed by atoms with Crippen molar-refractivity contribution >= 4 is 23.2 Å². The third-order valence-corrected chi connectivity index (χ3v) is 2.61. The summed E-state index contributed by atoms with van der Waals surface area (Å²) in [5.74, 6) is -0.00587. The highest BCUT2D eigenvalue weighted by atomic mass is 35.5. The molecule has 80 valence electrons. The fourth-order valence-electron chi connectivity index (χ4n) is 1.20. The highest BCUT2D eigenvalue weighted by molar-refractivity contribution is 6.31. The number of rotatable bonds is 4. The highest BCUT2D eigenvalue weighted by Gasteiger charge is 2.08. The van der Waals surface area contributed by atoms with Crippen LogP contribution in [0.25, 0.3) is 0 Å². The number of benzene rings is 1. The molecule has 0 heterocycles. The van der Waals surface area contributed by atoms with Crippen LogP contribution >= 0.6 is 11.6 Å². The Morgan fingerprint density at radius 3 is 2.47 bits per heavy atom. The molecule has 15 heavy (non-hydrogen) atoms. The van der Waals surface area contributed by atoms with Crippen LogP contribution in [0.15, 0.2) is 18.2 Å². The molecule has 1 rings (SSSR count). The number of carbonyl (C=O) groups excluding carboxylic acids is 2. The van der Waals surface area contributed by atoms with Gasteiger partial charge in [0.25, 0.3) is 0 Å². The van der Waals surface area contributed by atoms with Crippen LogP contribution < -0.4 is 0 Å². The van der Waals surface area contributed by atoms with Gasteiger partial charge in [0.1, 0.15) is 5.78 Å². The van der Waals surface area contributed by atoms with Crippen molar-refractivity contribution in [1.82, 2.24) is 0 Å². The molecule has 0 fully saturated rings. The summed E-state index contributed by atoms with van der Waals surface area (Å²) in [4.78, 5) is 22.3. The third-order valence-electron chi connectivity index (χ3n) is 2.20. The molecule has 0 radical (unpaired) electrons. The minimum atomic E-state index is -0.0351. The second-order valence-corrected chi connectivity index (χ2v) is 4.00. The summed E-state index contributed by atoms with van der Waals surface area (Å²) in [7, 11) is 0. The number of hydrogen-bond donors (Lipinski definition) is 0. The zero-order valence-electron chi connectivity index (χ0n) is 8.84. The Balaban J connectivity index is 2.74. The lowest BCUT2D eigenvalue weighted by Crippen LogP contribution is -2.02. The molecule has 0 aliphatic carbocycles. The Bertz CT molecular complexity index is 397. The molecule has 0 spiro atoms. The van der Waals surface area contributed by atoms with Crippen LogP contribution in [-0.4, -0.2) is 11.6 Å². The maximum atomic E-state index is 11.6. The number of ketones is 2. The monoisotopic (exact) mass is 224 g/mol. The van der Waals surface area contributed by atoms with Gasteiger partial charge in [-0.3, -0.25) is 4.79 Å². The minimum absolute atomic E-state index is 0.0292. The van der Waals surface area contributed by atoms with Crippen molar-refractivity contribution < 1.29 is 9.59 Å². The van der Waals surface area contributed by atoms with E-state index in [1.54, 1.807) is 12.1 Å². The Morgan fingerprint density at radius 1 is 1.27 bits per heavy atom. The summed E-state index contributed by atoms with van der Waals surface area (Å²) in [5, 5.41) is 0.587. The van der Waals surface area contributed by atoms with Gasteiger partial charge in [-0.1, -0.05) is 23.7 Å². The van der Waals surface area contributed by atoms with E-state index in [9.17, 15) is 9.59 Å². The van der Waals surface area contributed by atoms with Gasteiger partial charge in [-0.05, 0) is 25.5 Å². The molecule has 0 bridgehead atoms. The van der Waals surface area contributed by atoms with Gasteiger partial charge in [0.15, 0.2) is 5.78 Å². The molecule has 0 saturated heterocycles. The Labute approximate surface area is 94.2 Å². The predicted octanol–water partition coefficient (Wildman–Crippen LogP) is 3.20. The second-order valence-electron chi connectivity index (χ2n) is 3.59. The van der Waals surface area contributed by atoms with Gasteiger partial charge in [0.2, 0.25) is 0 Å². The fourth-order valence-corrected chi connectivity index (χ4v) is 1.38. The van der Waals surface area contributed by atoms with Crippen LogP contribution in [0.1, 0.15) is 35.7 Å². The summed E-state index contributed by atoms with van der Waals surface area (Å²) < 4.78 is 0. The molecule has 0 saturated carbocycles. The van der Waals surface area contributed by atoms with E-state index < -0.39 is 0 Å². The molecule has 0 N–H and O–H groups in total. The number of halogens is 1. The van der Waals surface area contributed by atoms with E-state index >= 15 is 0 Å². The van der Waals surface area contributed by atoms with Crippen molar-refractivity contribution in [2.75, 3.05) is 0 Å². The van der Waals surface area contributed by atoms with E-state index in [1.165, 1.54) is 6.92 Å². The largest absolute Gasteiger partial charge is 0.300 e. The third kappa shape index (κ3) is 3.48. The lowest BCUT2D eigenvalue weighted by molar-refractivity contribution is -0.116. The lowest BCUT2D eigenvalue weighted by atomic mass is 10.0. The first-order valence-corrected chi connectivity index (χ1v) is 5.17. The molecule has 0 unspecified atom stereocenters. The maximum Gasteiger partial charge on any atom is 0.163 e. The van der Waals surface area contributed by atoms with E-state index in [1.807, 2.05) is 13.0 Å². The molecule has 0 aliphatic heterocycles. The Hall–Kier alpha value is -1.15. The van der Waals surface area contributed by atoms with Crippen molar-refractivity contribution in [2.45, 2.75) is 26.7 Å². The predicted molar refractivity (Wildman–Crippen MR) is 60.4 cm³/mol.